The van der Waals surface area contributed by atoms with E-state index >= 15 is 0 Å². The summed E-state index contributed by atoms with van der Waals surface area (Å²) in [4.78, 5) is 2.50. The van der Waals surface area contributed by atoms with Crippen molar-refractivity contribution in [1.29, 1.82) is 0 Å². The molecule has 166 valence electrons. The zero-order chi connectivity index (χ0) is 22.2. The monoisotopic (exact) mass is 455 g/mol. The Morgan fingerprint density at radius 3 is 2.18 bits per heavy atom. The summed E-state index contributed by atoms with van der Waals surface area (Å²) >= 11 is 6.21. The number of para-hydroxylation sites is 2. The summed E-state index contributed by atoms with van der Waals surface area (Å²) in [6, 6.07) is 27.6. The van der Waals surface area contributed by atoms with Crippen molar-refractivity contribution in [2.45, 2.75) is 6.54 Å². The van der Waals surface area contributed by atoms with Crippen LogP contribution in [0, 0.1) is 0 Å². The molecule has 6 rings (SSSR count). The van der Waals surface area contributed by atoms with Crippen LogP contribution in [0.5, 0.6) is 0 Å². The smallest absolute Gasteiger partial charge is 0.126 e. The van der Waals surface area contributed by atoms with Gasteiger partial charge in [0.1, 0.15) is 5.65 Å². The average Bonchev–Trinajstić information content (AvgIpc) is 3.40. The molecule has 5 aromatic rings. The van der Waals surface area contributed by atoms with Gasteiger partial charge in [-0.1, -0.05) is 66.2 Å². The summed E-state index contributed by atoms with van der Waals surface area (Å²) in [5.41, 5.74) is 8.61. The summed E-state index contributed by atoms with van der Waals surface area (Å²) in [6.07, 6.45) is 2.29. The van der Waals surface area contributed by atoms with Crippen molar-refractivity contribution in [3.05, 3.63) is 90.1 Å². The van der Waals surface area contributed by atoms with E-state index in [1.165, 1.54) is 38.9 Å². The molecule has 0 spiro atoms. The van der Waals surface area contributed by atoms with Crippen LogP contribution in [-0.4, -0.2) is 46.7 Å². The van der Waals surface area contributed by atoms with E-state index in [1.807, 2.05) is 12.1 Å². The number of hydrogen-bond donors (Lipinski definition) is 0. The summed E-state index contributed by atoms with van der Waals surface area (Å²) < 4.78 is 10.4. The normalized spacial score (nSPS) is 14.9. The Hall–Kier alpha value is -3.05. The van der Waals surface area contributed by atoms with Crippen molar-refractivity contribution >= 4 is 28.3 Å². The highest BCUT2D eigenvalue weighted by Crippen LogP contribution is 2.40. The molecule has 0 N–H and O–H groups in total. The first-order valence-electron chi connectivity index (χ1n) is 11.5. The van der Waals surface area contributed by atoms with E-state index in [9.17, 15) is 0 Å². The third kappa shape index (κ3) is 3.74. The van der Waals surface area contributed by atoms with Crippen molar-refractivity contribution < 1.29 is 4.74 Å². The maximum Gasteiger partial charge on any atom is 0.126 e. The fourth-order valence-corrected chi connectivity index (χ4v) is 5.11. The van der Waals surface area contributed by atoms with Crippen molar-refractivity contribution in [1.82, 2.24) is 13.9 Å². The predicted molar refractivity (Wildman–Crippen MR) is 136 cm³/mol. The maximum absolute atomic E-state index is 6.21. The quantitative estimate of drug-likeness (QED) is 0.314. The Kier molecular flexibility index (Phi) is 5.43. The van der Waals surface area contributed by atoms with Crippen LogP contribution >= 0.6 is 11.6 Å². The van der Waals surface area contributed by atoms with Gasteiger partial charge in [0, 0.05) is 48.5 Å². The summed E-state index contributed by atoms with van der Waals surface area (Å²) in [7, 11) is 0. The molecule has 1 fully saturated rings. The third-order valence-electron chi connectivity index (χ3n) is 6.63. The fraction of sp³-hybridized carbons (Fsp3) is 0.214. The van der Waals surface area contributed by atoms with Gasteiger partial charge in [0.2, 0.25) is 0 Å². The number of morpholine rings is 1. The highest BCUT2D eigenvalue weighted by atomic mass is 35.5. The van der Waals surface area contributed by atoms with E-state index in [4.69, 9.17) is 16.3 Å². The topological polar surface area (TPSA) is 21.8 Å². The van der Waals surface area contributed by atoms with Gasteiger partial charge in [-0.15, -0.1) is 0 Å². The molecule has 0 unspecified atom stereocenters. The Morgan fingerprint density at radius 2 is 1.42 bits per heavy atom. The second-order valence-corrected chi connectivity index (χ2v) is 9.02. The van der Waals surface area contributed by atoms with Crippen molar-refractivity contribution in [2.24, 2.45) is 0 Å². The van der Waals surface area contributed by atoms with Crippen LogP contribution in [0.1, 0.15) is 0 Å². The van der Waals surface area contributed by atoms with Crippen LogP contribution < -0.4 is 0 Å². The first-order chi connectivity index (χ1) is 16.3. The van der Waals surface area contributed by atoms with Crippen molar-refractivity contribution in [3.63, 3.8) is 0 Å². The van der Waals surface area contributed by atoms with Gasteiger partial charge in [-0.2, -0.15) is 0 Å². The molecule has 0 atom stereocenters. The fourth-order valence-electron chi connectivity index (χ4n) is 4.98. The van der Waals surface area contributed by atoms with E-state index in [2.05, 4.69) is 86.8 Å². The minimum Gasteiger partial charge on any atom is -0.379 e. The number of benzene rings is 3. The molecule has 2 aromatic heterocycles. The van der Waals surface area contributed by atoms with Gasteiger partial charge in [0.05, 0.1) is 24.2 Å². The Morgan fingerprint density at radius 1 is 0.727 bits per heavy atom. The highest BCUT2D eigenvalue weighted by molar-refractivity contribution is 6.30. The molecular formula is C28H26ClN3O. The first kappa shape index (κ1) is 20.5. The lowest BCUT2D eigenvalue weighted by molar-refractivity contribution is 0.0366. The minimum absolute atomic E-state index is 0.754. The van der Waals surface area contributed by atoms with E-state index in [0.717, 1.165) is 44.4 Å². The first-order valence-corrected chi connectivity index (χ1v) is 11.9. The van der Waals surface area contributed by atoms with E-state index in [0.29, 0.717) is 0 Å². The van der Waals surface area contributed by atoms with Crippen LogP contribution in [-0.2, 0) is 11.3 Å². The molecule has 1 aliphatic heterocycles. The molecule has 3 heterocycles. The SMILES string of the molecule is Clc1ccc(-c2cn3c4ccccc4n(CCN4CCOCC4)c3c2-c2ccccc2)cc1. The number of halogens is 1. The molecule has 0 aliphatic carbocycles. The van der Waals surface area contributed by atoms with Crippen LogP contribution in [0.25, 0.3) is 38.9 Å². The Bertz CT molecular complexity index is 1400. The molecule has 0 bridgehead atoms. The van der Waals surface area contributed by atoms with Crippen LogP contribution in [0.2, 0.25) is 5.02 Å². The molecule has 1 saturated heterocycles. The largest absolute Gasteiger partial charge is 0.379 e. The average molecular weight is 456 g/mol. The van der Waals surface area contributed by atoms with E-state index in [-0.39, 0.29) is 0 Å². The van der Waals surface area contributed by atoms with Crippen LogP contribution in [0.15, 0.2) is 85.1 Å². The molecular weight excluding hydrogens is 430 g/mol. The minimum atomic E-state index is 0.754. The van der Waals surface area contributed by atoms with Gasteiger partial charge in [0.15, 0.2) is 0 Å². The van der Waals surface area contributed by atoms with Gasteiger partial charge in [-0.05, 0) is 35.4 Å². The number of rotatable bonds is 5. The molecule has 0 amide bonds. The number of imidazole rings is 1. The zero-order valence-corrected chi connectivity index (χ0v) is 19.2. The predicted octanol–water partition coefficient (Wildman–Crippen LogP) is 6.21. The summed E-state index contributed by atoms with van der Waals surface area (Å²) in [6.45, 7) is 5.58. The second kappa shape index (κ2) is 8.71. The molecule has 33 heavy (non-hydrogen) atoms. The zero-order valence-electron chi connectivity index (χ0n) is 18.5. The lowest BCUT2D eigenvalue weighted by Crippen LogP contribution is -2.38. The molecule has 0 saturated carbocycles. The second-order valence-electron chi connectivity index (χ2n) is 8.58. The molecule has 0 radical (unpaired) electrons. The Balaban J connectivity index is 1.58. The lowest BCUT2D eigenvalue weighted by Gasteiger charge is -2.26. The number of aromatic nitrogens is 2. The van der Waals surface area contributed by atoms with E-state index in [1.54, 1.807) is 0 Å². The van der Waals surface area contributed by atoms with Crippen LogP contribution in [0.3, 0.4) is 0 Å². The summed E-state index contributed by atoms with van der Waals surface area (Å²) in [5.74, 6) is 0. The Labute approximate surface area is 198 Å². The third-order valence-corrected chi connectivity index (χ3v) is 6.88. The number of fused-ring (bicyclic) bond motifs is 3. The molecule has 1 aliphatic rings. The molecule has 4 nitrogen and oxygen atoms in total. The number of hydrogen-bond acceptors (Lipinski definition) is 2. The van der Waals surface area contributed by atoms with Gasteiger partial charge in [0.25, 0.3) is 0 Å². The van der Waals surface area contributed by atoms with Gasteiger partial charge in [-0.25, -0.2) is 0 Å². The van der Waals surface area contributed by atoms with E-state index < -0.39 is 0 Å². The highest BCUT2D eigenvalue weighted by Gasteiger charge is 2.22. The van der Waals surface area contributed by atoms with Crippen molar-refractivity contribution in [2.75, 3.05) is 32.8 Å². The van der Waals surface area contributed by atoms with Gasteiger partial charge >= 0.3 is 0 Å². The lowest BCUT2D eigenvalue weighted by atomic mass is 9.98. The maximum atomic E-state index is 6.21. The number of nitrogens with zero attached hydrogens (tertiary/aromatic N) is 3. The van der Waals surface area contributed by atoms with Gasteiger partial charge < -0.3 is 9.30 Å². The van der Waals surface area contributed by atoms with Crippen molar-refractivity contribution in [3.8, 4) is 22.3 Å². The summed E-state index contributed by atoms with van der Waals surface area (Å²) in [5, 5.41) is 0.754. The number of ether oxygens (including phenoxy) is 1. The standard InChI is InChI=1S/C28H26ClN3O/c29-23-12-10-21(11-13-23)24-20-32-26-9-5-4-8-25(26)31(15-14-30-16-18-33-19-17-30)28(32)27(24)22-6-2-1-3-7-22/h1-13,20H,14-19H2. The van der Waals surface area contributed by atoms with Gasteiger partial charge in [-0.3, -0.25) is 9.30 Å². The van der Waals surface area contributed by atoms with Crippen LogP contribution in [0.4, 0.5) is 0 Å². The molecule has 3 aromatic carbocycles. The molecule has 5 heteroatoms.